The van der Waals surface area contributed by atoms with Gasteiger partial charge in [0, 0.05) is 25.2 Å². The Hall–Kier alpha value is -7.90. The van der Waals surface area contributed by atoms with Gasteiger partial charge < -0.3 is 10.0 Å². The normalized spacial score (nSPS) is 14.5. The predicted molar refractivity (Wildman–Crippen MR) is 412 cm³/mol. The molecule has 0 amide bonds. The lowest BCUT2D eigenvalue weighted by Crippen LogP contribution is -2.30. The molecule has 2 nitrogen and oxygen atoms in total. The number of rotatable bonds is 7. The zero-order valence-corrected chi connectivity index (χ0v) is 59.8. The Bertz CT molecular complexity index is 5140. The van der Waals surface area contributed by atoms with Crippen LogP contribution in [0.25, 0.3) is 120 Å². The topological polar surface area (TPSA) is 40.5 Å². The minimum absolute atomic E-state index is 0.00472. The Morgan fingerprint density at radius 1 is 0.277 bits per heavy atom. The van der Waals surface area contributed by atoms with Gasteiger partial charge >= 0.3 is 7.12 Å². The van der Waals surface area contributed by atoms with Gasteiger partial charge in [-0.25, -0.2) is 0 Å². The van der Waals surface area contributed by atoms with Gasteiger partial charge in [0.05, 0.1) is 0 Å². The lowest BCUT2D eigenvalue weighted by molar-refractivity contribution is 0.425. The SMILES string of the molecule is CC(C)c1cc(-c2ccc3c(c2)-c2ccccc2C3(C)C)c2ccc3c(C(C)C)cc(-c4ccc5c(c4)-c4ccccc4C5(C)C)c4ccc1c2c43.CC(C)c1cc(Br)c2ccc3c(C(C)C)cc(Br)c4ccc1c2c43.CC1(C)c2ccccc2-c2cc(B(O)O)ccc21. The molecule has 3 aliphatic rings. The summed E-state index contributed by atoms with van der Waals surface area (Å²) in [7, 11) is -1.41. The van der Waals surface area contributed by atoms with E-state index in [0.29, 0.717) is 29.1 Å². The summed E-state index contributed by atoms with van der Waals surface area (Å²) in [5, 5.41) is 35.0. The second kappa shape index (κ2) is 22.6. The van der Waals surface area contributed by atoms with Crippen LogP contribution in [0, 0.1) is 0 Å². The first-order valence-corrected chi connectivity index (χ1v) is 35.4. The van der Waals surface area contributed by atoms with Gasteiger partial charge in [-0.2, -0.15) is 0 Å². The maximum Gasteiger partial charge on any atom is 0.488 e. The lowest BCUT2D eigenvalue weighted by atomic mass is 9.77. The Morgan fingerprint density at radius 3 is 0.894 bits per heavy atom. The second-order valence-electron chi connectivity index (χ2n) is 29.9. The van der Waals surface area contributed by atoms with E-state index in [1.165, 1.54) is 179 Å². The summed E-state index contributed by atoms with van der Waals surface area (Å²) < 4.78 is 2.39. The summed E-state index contributed by atoms with van der Waals surface area (Å²) >= 11 is 7.63. The van der Waals surface area contributed by atoms with Gasteiger partial charge in [-0.1, -0.05) is 293 Å². The Kier molecular flexibility index (Phi) is 15.0. The summed E-state index contributed by atoms with van der Waals surface area (Å²) in [6.07, 6.45) is 0. The minimum Gasteiger partial charge on any atom is -0.423 e. The maximum absolute atomic E-state index is 9.29. The molecule has 0 atom stereocenters. The number of hydrogen-bond acceptors (Lipinski definition) is 2. The lowest BCUT2D eigenvalue weighted by Gasteiger charge is -2.24. The van der Waals surface area contributed by atoms with E-state index in [0.717, 1.165) is 5.56 Å². The van der Waals surface area contributed by atoms with E-state index in [9.17, 15) is 10.0 Å². The highest BCUT2D eigenvalue weighted by Gasteiger charge is 2.38. The van der Waals surface area contributed by atoms with E-state index in [1.54, 1.807) is 6.07 Å². The van der Waals surface area contributed by atoms with Crippen molar-refractivity contribution in [3.63, 3.8) is 0 Å². The van der Waals surface area contributed by atoms with E-state index in [2.05, 4.69) is 299 Å². The molecule has 0 saturated heterocycles. The third kappa shape index (κ3) is 9.44. The molecule has 17 rings (SSSR count). The summed E-state index contributed by atoms with van der Waals surface area (Å²) in [4.78, 5) is 0. The molecule has 0 aromatic heterocycles. The first-order valence-electron chi connectivity index (χ1n) is 33.9. The van der Waals surface area contributed by atoms with E-state index in [-0.39, 0.29) is 16.2 Å². The van der Waals surface area contributed by atoms with Crippen LogP contribution in [0.5, 0.6) is 0 Å². The second-order valence-corrected chi connectivity index (χ2v) is 31.6. The van der Waals surface area contributed by atoms with Crippen LogP contribution < -0.4 is 5.46 Å². The Labute approximate surface area is 572 Å². The van der Waals surface area contributed by atoms with Crippen molar-refractivity contribution in [2.45, 2.75) is 137 Å². The van der Waals surface area contributed by atoms with Crippen LogP contribution in [-0.2, 0) is 16.2 Å². The van der Waals surface area contributed by atoms with Crippen LogP contribution in [0.15, 0.2) is 209 Å². The molecule has 0 heterocycles. The fourth-order valence-corrected chi connectivity index (χ4v) is 18.2. The highest BCUT2D eigenvalue weighted by atomic mass is 79.9. The van der Waals surface area contributed by atoms with Crippen LogP contribution in [0.4, 0.5) is 0 Å². The average molecular weight is 1350 g/mol. The van der Waals surface area contributed by atoms with Crippen molar-refractivity contribution in [3.8, 4) is 55.6 Å². The van der Waals surface area contributed by atoms with Crippen LogP contribution >= 0.6 is 31.9 Å². The van der Waals surface area contributed by atoms with Crippen molar-refractivity contribution < 1.29 is 10.0 Å². The number of hydrogen-bond donors (Lipinski definition) is 2. The van der Waals surface area contributed by atoms with Crippen LogP contribution in [0.3, 0.4) is 0 Å². The quantitative estimate of drug-likeness (QED) is 0.123. The molecule has 0 unspecified atom stereocenters. The Balaban J connectivity index is 0.000000142. The predicted octanol–water partition coefficient (Wildman–Crippen LogP) is 24.8. The van der Waals surface area contributed by atoms with Crippen LogP contribution in [0.2, 0.25) is 0 Å². The first kappa shape index (κ1) is 62.2. The highest BCUT2D eigenvalue weighted by Crippen LogP contribution is 2.55. The fraction of sp³-hybridized carbons (Fsp3) is 0.236. The van der Waals surface area contributed by atoms with Gasteiger partial charge in [0.25, 0.3) is 0 Å². The first-order chi connectivity index (χ1) is 44.9. The summed E-state index contributed by atoms with van der Waals surface area (Å²) in [6, 6.07) is 75.0. The molecule has 0 bridgehead atoms. The van der Waals surface area contributed by atoms with Crippen molar-refractivity contribution in [1.82, 2.24) is 0 Å². The largest absolute Gasteiger partial charge is 0.488 e. The number of benzene rings is 14. The molecule has 14 aromatic rings. The molecule has 0 fully saturated rings. The standard InChI is InChI=1S/C52H46.C22H20Br2.C15H15BO2/c1-29(2)39-27-41(31-17-23-47-43(25-31)33-13-9-11-15-45(33)51(47,5)6)37-22-20-36-40(30(3)4)28-42(38-21-19-35(39)49(37)50(36)38)32-18-24-48-44(26-32)34-14-10-12-16-46(34)52(48,7)8;1-11(2)17-9-19(23)15-8-6-14-18(12(3)4)10-20(24)16-7-5-13(17)21(15)22(14)16;1-15(2)13-6-4-3-5-11(13)12-9-10(16(17)18)7-8-14(12)15/h9-30H,1-8H3;5-12H,1-4H3;3-9,17-18H,1-2H3. The van der Waals surface area contributed by atoms with Gasteiger partial charge in [0.2, 0.25) is 0 Å². The van der Waals surface area contributed by atoms with Crippen LogP contribution in [0.1, 0.15) is 176 Å². The third-order valence-corrected chi connectivity index (χ3v) is 23.3. The summed E-state index contributed by atoms with van der Waals surface area (Å²) in [5.74, 6) is 1.78. The average Bonchev–Trinajstić information content (AvgIpc) is 1.02. The molecule has 0 aliphatic heterocycles. The van der Waals surface area contributed by atoms with Crippen molar-refractivity contribution in [2.75, 3.05) is 0 Å². The van der Waals surface area contributed by atoms with Gasteiger partial charge in [-0.15, -0.1) is 0 Å². The molecule has 0 spiro atoms. The van der Waals surface area contributed by atoms with Crippen LogP contribution in [-0.4, -0.2) is 17.2 Å². The third-order valence-electron chi connectivity index (χ3n) is 22.0. The zero-order valence-electron chi connectivity index (χ0n) is 56.6. The van der Waals surface area contributed by atoms with Crippen molar-refractivity contribution in [2.24, 2.45) is 0 Å². The van der Waals surface area contributed by atoms with Gasteiger partial charge in [-0.3, -0.25) is 0 Å². The molecule has 0 saturated carbocycles. The van der Waals surface area contributed by atoms with Gasteiger partial charge in [0.15, 0.2) is 0 Å². The molecule has 5 heteroatoms. The molecular formula is C89H81BBr2O2. The van der Waals surface area contributed by atoms with E-state index >= 15 is 0 Å². The maximum atomic E-state index is 9.29. The molecule has 3 aliphatic carbocycles. The Morgan fingerprint density at radius 2 is 0.553 bits per heavy atom. The van der Waals surface area contributed by atoms with E-state index < -0.39 is 7.12 Å². The monoisotopic (exact) mass is 1350 g/mol. The van der Waals surface area contributed by atoms with E-state index in [1.807, 2.05) is 24.3 Å². The number of halogens is 2. The fourth-order valence-electron chi connectivity index (χ4n) is 17.1. The molecule has 0 radical (unpaired) electrons. The highest BCUT2D eigenvalue weighted by molar-refractivity contribution is 9.11. The summed E-state index contributed by atoms with van der Waals surface area (Å²) in [6.45, 7) is 32.4. The van der Waals surface area contributed by atoms with Crippen molar-refractivity contribution in [3.05, 3.63) is 265 Å². The van der Waals surface area contributed by atoms with Crippen molar-refractivity contribution >= 4 is 109 Å². The molecule has 2 N–H and O–H groups in total. The van der Waals surface area contributed by atoms with Crippen molar-refractivity contribution in [1.29, 1.82) is 0 Å². The zero-order chi connectivity index (χ0) is 65.9. The molecular weight excluding hydrogens is 1270 g/mol. The molecule has 94 heavy (non-hydrogen) atoms. The molecule has 466 valence electrons. The van der Waals surface area contributed by atoms with Gasteiger partial charge in [-0.05, 0) is 241 Å². The minimum atomic E-state index is -1.41. The smallest absolute Gasteiger partial charge is 0.423 e. The number of fused-ring (bicyclic) bond motifs is 9. The molecule has 14 aromatic carbocycles. The van der Waals surface area contributed by atoms with E-state index in [4.69, 9.17) is 0 Å². The van der Waals surface area contributed by atoms with Gasteiger partial charge in [0.1, 0.15) is 0 Å². The summed E-state index contributed by atoms with van der Waals surface area (Å²) in [5.41, 5.74) is 27.5.